The van der Waals surface area contributed by atoms with E-state index in [1.807, 2.05) is 25.1 Å². The van der Waals surface area contributed by atoms with Gasteiger partial charge in [-0.25, -0.2) is 4.98 Å². The molecule has 1 aromatic heterocycles. The predicted octanol–water partition coefficient (Wildman–Crippen LogP) is 4.15. The predicted molar refractivity (Wildman–Crippen MR) is 82.4 cm³/mol. The molecule has 1 N–H and O–H groups in total. The second-order valence-corrected chi connectivity index (χ2v) is 6.50. The van der Waals surface area contributed by atoms with Crippen molar-refractivity contribution in [1.82, 2.24) is 9.97 Å². The zero-order valence-electron chi connectivity index (χ0n) is 10.3. The smallest absolute Gasteiger partial charge is 0.265 e. The van der Waals surface area contributed by atoms with E-state index in [1.54, 1.807) is 0 Å². The quantitative estimate of drug-likeness (QED) is 0.846. The van der Waals surface area contributed by atoms with Crippen molar-refractivity contribution in [1.29, 1.82) is 0 Å². The maximum Gasteiger partial charge on any atom is 0.265 e. The number of nitrogens with zero attached hydrogens (tertiary/aromatic N) is 1. The number of nitrogens with one attached hydrogen (secondary N) is 1. The topological polar surface area (TPSA) is 45.8 Å². The highest BCUT2D eigenvalue weighted by Gasteiger charge is 2.29. The summed E-state index contributed by atoms with van der Waals surface area (Å²) in [5, 5.41) is 0. The zero-order valence-corrected chi connectivity index (χ0v) is 13.5. The lowest BCUT2D eigenvalue weighted by atomic mass is 10.1. The van der Waals surface area contributed by atoms with E-state index in [0.29, 0.717) is 16.2 Å². The molecular formula is C14H12Br2N2O. The van der Waals surface area contributed by atoms with Gasteiger partial charge in [-0.2, -0.15) is 0 Å². The first-order valence-electron chi connectivity index (χ1n) is 6.12. The van der Waals surface area contributed by atoms with E-state index in [4.69, 9.17) is 0 Å². The third kappa shape index (κ3) is 2.54. The number of rotatable bonds is 2. The molecule has 0 saturated heterocycles. The van der Waals surface area contributed by atoms with Gasteiger partial charge in [0, 0.05) is 16.0 Å². The summed E-state index contributed by atoms with van der Waals surface area (Å²) in [6.07, 6.45) is 2.24. The molecule has 19 heavy (non-hydrogen) atoms. The molecule has 1 aliphatic rings. The van der Waals surface area contributed by atoms with Gasteiger partial charge in [-0.05, 0) is 53.4 Å². The van der Waals surface area contributed by atoms with E-state index in [1.165, 1.54) is 0 Å². The lowest BCUT2D eigenvalue weighted by molar-refractivity contribution is 0.960. The Morgan fingerprint density at radius 3 is 2.68 bits per heavy atom. The van der Waals surface area contributed by atoms with Gasteiger partial charge < -0.3 is 4.98 Å². The van der Waals surface area contributed by atoms with Crippen molar-refractivity contribution in [2.24, 2.45) is 0 Å². The van der Waals surface area contributed by atoms with Crippen LogP contribution in [0.5, 0.6) is 0 Å². The molecule has 0 amide bonds. The monoisotopic (exact) mass is 382 g/mol. The Labute approximate surface area is 127 Å². The van der Waals surface area contributed by atoms with Gasteiger partial charge in [-0.3, -0.25) is 4.79 Å². The van der Waals surface area contributed by atoms with E-state index in [0.717, 1.165) is 34.1 Å². The van der Waals surface area contributed by atoms with Gasteiger partial charge in [0.1, 0.15) is 10.3 Å². The maximum absolute atomic E-state index is 12.0. The highest BCUT2D eigenvalue weighted by Crippen LogP contribution is 2.41. The molecule has 1 aliphatic carbocycles. The van der Waals surface area contributed by atoms with Gasteiger partial charge in [0.25, 0.3) is 5.56 Å². The molecule has 1 heterocycles. The molecule has 0 unspecified atom stereocenters. The summed E-state index contributed by atoms with van der Waals surface area (Å²) < 4.78 is 1.63. The Hall–Kier alpha value is -0.940. The lowest BCUT2D eigenvalue weighted by Gasteiger charge is -2.07. The number of hydrogen-bond donors (Lipinski definition) is 1. The van der Waals surface area contributed by atoms with Crippen LogP contribution in [0.1, 0.15) is 30.0 Å². The van der Waals surface area contributed by atoms with Gasteiger partial charge in [-0.1, -0.05) is 22.0 Å². The maximum atomic E-state index is 12.0. The SMILES string of the molecule is Cc1cc(-c2nc(C3CC3)c(Br)c(=O)[nH]2)ccc1Br. The first-order valence-corrected chi connectivity index (χ1v) is 7.71. The third-order valence-corrected chi connectivity index (χ3v) is 4.94. The standard InChI is InChI=1S/C14H12Br2N2O/c1-7-6-9(4-5-10(7)15)13-17-12(8-2-3-8)11(16)14(19)18-13/h4-6,8H,2-3H2,1H3,(H,17,18,19). The molecule has 1 aromatic carbocycles. The second-order valence-electron chi connectivity index (χ2n) is 4.85. The fourth-order valence-corrected chi connectivity index (χ4v) is 2.79. The second kappa shape index (κ2) is 4.87. The van der Waals surface area contributed by atoms with Crippen molar-refractivity contribution < 1.29 is 0 Å². The lowest BCUT2D eigenvalue weighted by Crippen LogP contribution is -2.13. The minimum absolute atomic E-state index is 0.104. The van der Waals surface area contributed by atoms with E-state index in [2.05, 4.69) is 41.8 Å². The van der Waals surface area contributed by atoms with Crippen molar-refractivity contribution in [3.05, 3.63) is 48.8 Å². The van der Waals surface area contributed by atoms with E-state index in [-0.39, 0.29) is 5.56 Å². The number of H-pyrrole nitrogens is 1. The normalized spacial score (nSPS) is 14.7. The molecular weight excluding hydrogens is 372 g/mol. The number of aryl methyl sites for hydroxylation is 1. The van der Waals surface area contributed by atoms with Crippen molar-refractivity contribution in [3.63, 3.8) is 0 Å². The molecule has 0 atom stereocenters. The Bertz CT molecular complexity index is 705. The molecule has 0 bridgehead atoms. The van der Waals surface area contributed by atoms with E-state index < -0.39 is 0 Å². The fourth-order valence-electron chi connectivity index (χ4n) is 2.03. The summed E-state index contributed by atoms with van der Waals surface area (Å²) in [6.45, 7) is 2.02. The molecule has 3 nitrogen and oxygen atoms in total. The first-order chi connectivity index (χ1) is 9.06. The highest BCUT2D eigenvalue weighted by atomic mass is 79.9. The van der Waals surface area contributed by atoms with Crippen LogP contribution in [0.4, 0.5) is 0 Å². The summed E-state index contributed by atoms with van der Waals surface area (Å²) in [6, 6.07) is 5.95. The van der Waals surface area contributed by atoms with Gasteiger partial charge in [0.15, 0.2) is 0 Å². The summed E-state index contributed by atoms with van der Waals surface area (Å²) in [4.78, 5) is 19.4. The summed E-state index contributed by atoms with van der Waals surface area (Å²) >= 11 is 6.82. The Balaban J connectivity index is 2.14. The number of aromatic nitrogens is 2. The minimum Gasteiger partial charge on any atom is -0.306 e. The molecule has 98 valence electrons. The molecule has 1 saturated carbocycles. The van der Waals surface area contributed by atoms with Crippen LogP contribution in [-0.4, -0.2) is 9.97 Å². The largest absolute Gasteiger partial charge is 0.306 e. The van der Waals surface area contributed by atoms with Crippen LogP contribution in [0.2, 0.25) is 0 Å². The van der Waals surface area contributed by atoms with Crippen LogP contribution >= 0.6 is 31.9 Å². The number of aromatic amines is 1. The van der Waals surface area contributed by atoms with Gasteiger partial charge in [-0.15, -0.1) is 0 Å². The number of hydrogen-bond acceptors (Lipinski definition) is 2. The van der Waals surface area contributed by atoms with Gasteiger partial charge >= 0.3 is 0 Å². The molecule has 1 fully saturated rings. The van der Waals surface area contributed by atoms with Crippen LogP contribution < -0.4 is 5.56 Å². The minimum atomic E-state index is -0.104. The number of benzene rings is 1. The Morgan fingerprint density at radius 1 is 1.32 bits per heavy atom. The summed E-state index contributed by atoms with van der Waals surface area (Å²) in [5.74, 6) is 1.08. The molecule has 0 spiro atoms. The van der Waals surface area contributed by atoms with E-state index >= 15 is 0 Å². The summed E-state index contributed by atoms with van der Waals surface area (Å²) in [7, 11) is 0. The fraction of sp³-hybridized carbons (Fsp3) is 0.286. The first kappa shape index (κ1) is 13.1. The Kier molecular flexibility index (Phi) is 3.35. The van der Waals surface area contributed by atoms with Gasteiger partial charge in [0.05, 0.1) is 5.69 Å². The molecule has 3 rings (SSSR count). The van der Waals surface area contributed by atoms with Gasteiger partial charge in [0.2, 0.25) is 0 Å². The third-order valence-electron chi connectivity index (χ3n) is 3.28. The number of halogens is 2. The summed E-state index contributed by atoms with van der Waals surface area (Å²) in [5.41, 5.74) is 2.84. The van der Waals surface area contributed by atoms with Crippen molar-refractivity contribution in [2.75, 3.05) is 0 Å². The van der Waals surface area contributed by atoms with Crippen molar-refractivity contribution >= 4 is 31.9 Å². The van der Waals surface area contributed by atoms with E-state index in [9.17, 15) is 4.79 Å². The van der Waals surface area contributed by atoms with Crippen molar-refractivity contribution in [2.45, 2.75) is 25.7 Å². The molecule has 2 aromatic rings. The average molecular weight is 384 g/mol. The van der Waals surface area contributed by atoms with Crippen LogP contribution in [0.15, 0.2) is 31.9 Å². The molecule has 0 aliphatic heterocycles. The van der Waals surface area contributed by atoms with Crippen LogP contribution in [0, 0.1) is 6.92 Å². The molecule has 5 heteroatoms. The highest BCUT2D eigenvalue weighted by molar-refractivity contribution is 9.10. The zero-order chi connectivity index (χ0) is 13.6. The Morgan fingerprint density at radius 2 is 2.05 bits per heavy atom. The molecule has 0 radical (unpaired) electrons. The van der Waals surface area contributed by atoms with Crippen LogP contribution in [0.3, 0.4) is 0 Å². The average Bonchev–Trinajstić information content (AvgIpc) is 3.20. The van der Waals surface area contributed by atoms with Crippen molar-refractivity contribution in [3.8, 4) is 11.4 Å². The van der Waals surface area contributed by atoms with Crippen LogP contribution in [0.25, 0.3) is 11.4 Å². The van der Waals surface area contributed by atoms with Crippen LogP contribution in [-0.2, 0) is 0 Å².